The molecule has 0 aromatic carbocycles. The zero-order valence-electron chi connectivity index (χ0n) is 13.4. The molecule has 122 valence electrons. The Morgan fingerprint density at radius 3 is 2.96 bits per heavy atom. The van der Waals surface area contributed by atoms with Gasteiger partial charge < -0.3 is 9.88 Å². The number of amides is 1. The Balaban J connectivity index is 1.75. The molecule has 23 heavy (non-hydrogen) atoms. The topological polar surface area (TPSA) is 72.7 Å². The van der Waals surface area contributed by atoms with Gasteiger partial charge in [-0.05, 0) is 38.2 Å². The van der Waals surface area contributed by atoms with Crippen molar-refractivity contribution in [2.75, 3.05) is 6.26 Å². The summed E-state index contributed by atoms with van der Waals surface area (Å²) in [6.45, 7) is 1.95. The highest BCUT2D eigenvalue weighted by molar-refractivity contribution is 7.98. The van der Waals surface area contributed by atoms with Crippen LogP contribution in [0.2, 0.25) is 0 Å². The summed E-state index contributed by atoms with van der Waals surface area (Å²) in [5, 5.41) is 12.0. The molecule has 1 N–H and O–H groups in total. The fourth-order valence-electron chi connectivity index (χ4n) is 3.09. The van der Waals surface area contributed by atoms with Crippen LogP contribution in [0.5, 0.6) is 0 Å². The lowest BCUT2D eigenvalue weighted by molar-refractivity contribution is 0.0933. The highest BCUT2D eigenvalue weighted by atomic mass is 32.2. The highest BCUT2D eigenvalue weighted by Crippen LogP contribution is 2.31. The average molecular weight is 331 g/mol. The third kappa shape index (κ3) is 3.39. The van der Waals surface area contributed by atoms with Gasteiger partial charge in [-0.3, -0.25) is 4.79 Å². The number of pyridine rings is 1. The van der Waals surface area contributed by atoms with Gasteiger partial charge in [-0.25, -0.2) is 4.98 Å². The first-order valence-corrected chi connectivity index (χ1v) is 9.12. The maximum atomic E-state index is 12.5. The molecule has 1 amide bonds. The molecule has 1 unspecified atom stereocenters. The quantitative estimate of drug-likeness (QED) is 0.853. The van der Waals surface area contributed by atoms with Crippen LogP contribution in [0.15, 0.2) is 29.7 Å². The van der Waals surface area contributed by atoms with Crippen molar-refractivity contribution in [3.63, 3.8) is 0 Å². The second-order valence-electron chi connectivity index (χ2n) is 5.79. The standard InChI is InChI=1S/C16H21N5OS/c1-11(14-20-18-10-21(14)12-6-3-4-7-12)19-15(22)13-8-5-9-17-16(13)23-2/h5,8-12H,3-4,6-7H2,1-2H3,(H,19,22). The van der Waals surface area contributed by atoms with Crippen LogP contribution in [0.1, 0.15) is 60.9 Å². The number of aromatic nitrogens is 4. The molecule has 1 saturated carbocycles. The molecule has 7 heteroatoms. The lowest BCUT2D eigenvalue weighted by Crippen LogP contribution is -2.29. The second-order valence-corrected chi connectivity index (χ2v) is 6.59. The minimum absolute atomic E-state index is 0.129. The molecular formula is C16H21N5OS. The molecule has 6 nitrogen and oxygen atoms in total. The summed E-state index contributed by atoms with van der Waals surface area (Å²) in [4.78, 5) is 16.8. The van der Waals surface area contributed by atoms with Crippen molar-refractivity contribution in [2.45, 2.75) is 49.7 Å². The van der Waals surface area contributed by atoms with Crippen LogP contribution in [0.4, 0.5) is 0 Å². The largest absolute Gasteiger partial charge is 0.342 e. The van der Waals surface area contributed by atoms with E-state index in [-0.39, 0.29) is 11.9 Å². The van der Waals surface area contributed by atoms with Crippen LogP contribution in [-0.2, 0) is 0 Å². The van der Waals surface area contributed by atoms with Gasteiger partial charge >= 0.3 is 0 Å². The predicted molar refractivity (Wildman–Crippen MR) is 89.4 cm³/mol. The van der Waals surface area contributed by atoms with Gasteiger partial charge in [0.25, 0.3) is 5.91 Å². The van der Waals surface area contributed by atoms with E-state index in [9.17, 15) is 4.79 Å². The van der Waals surface area contributed by atoms with Crippen LogP contribution in [0.25, 0.3) is 0 Å². The molecular weight excluding hydrogens is 310 g/mol. The van der Waals surface area contributed by atoms with Crippen molar-refractivity contribution in [1.29, 1.82) is 0 Å². The Hall–Kier alpha value is -1.89. The number of nitrogens with one attached hydrogen (secondary N) is 1. The minimum Gasteiger partial charge on any atom is -0.342 e. The highest BCUT2D eigenvalue weighted by Gasteiger charge is 2.24. The van der Waals surface area contributed by atoms with Crippen molar-refractivity contribution in [3.8, 4) is 0 Å². The predicted octanol–water partition coefficient (Wildman–Crippen LogP) is 3.00. The van der Waals surface area contributed by atoms with E-state index in [1.165, 1.54) is 24.6 Å². The van der Waals surface area contributed by atoms with E-state index in [0.29, 0.717) is 11.6 Å². The molecule has 1 atom stereocenters. The van der Waals surface area contributed by atoms with E-state index in [2.05, 4.69) is 25.1 Å². The minimum atomic E-state index is -0.194. The van der Waals surface area contributed by atoms with Crippen LogP contribution in [-0.4, -0.2) is 31.9 Å². The third-order valence-electron chi connectivity index (χ3n) is 4.26. The molecule has 0 saturated heterocycles. The number of carbonyl (C=O) groups is 1. The van der Waals surface area contributed by atoms with E-state index in [1.807, 2.05) is 13.2 Å². The van der Waals surface area contributed by atoms with E-state index >= 15 is 0 Å². The smallest absolute Gasteiger partial charge is 0.254 e. The lowest BCUT2D eigenvalue weighted by atomic mass is 10.2. The Labute approximate surface area is 140 Å². The van der Waals surface area contributed by atoms with Gasteiger partial charge in [0, 0.05) is 12.2 Å². The Morgan fingerprint density at radius 2 is 2.22 bits per heavy atom. The molecule has 3 rings (SSSR count). The second kappa shape index (κ2) is 7.12. The first-order chi connectivity index (χ1) is 11.2. The maximum Gasteiger partial charge on any atom is 0.254 e. The summed E-state index contributed by atoms with van der Waals surface area (Å²) in [5.41, 5.74) is 0.596. The molecule has 0 bridgehead atoms. The zero-order chi connectivity index (χ0) is 16.2. The number of thioether (sulfide) groups is 1. The van der Waals surface area contributed by atoms with Gasteiger partial charge in [0.05, 0.1) is 11.6 Å². The first-order valence-electron chi connectivity index (χ1n) is 7.90. The molecule has 2 aromatic heterocycles. The van der Waals surface area contributed by atoms with Gasteiger partial charge in [-0.1, -0.05) is 12.8 Å². The van der Waals surface area contributed by atoms with E-state index in [1.54, 1.807) is 24.7 Å². The summed E-state index contributed by atoms with van der Waals surface area (Å²) in [7, 11) is 0. The molecule has 1 aliphatic rings. The molecule has 2 aromatic rings. The Bertz CT molecular complexity index is 681. The van der Waals surface area contributed by atoms with Gasteiger partial charge in [-0.15, -0.1) is 22.0 Å². The van der Waals surface area contributed by atoms with Crippen LogP contribution >= 0.6 is 11.8 Å². The third-order valence-corrected chi connectivity index (χ3v) is 4.97. The van der Waals surface area contributed by atoms with E-state index in [4.69, 9.17) is 0 Å². The summed E-state index contributed by atoms with van der Waals surface area (Å²) >= 11 is 1.47. The zero-order valence-corrected chi connectivity index (χ0v) is 14.2. The summed E-state index contributed by atoms with van der Waals surface area (Å²) in [6, 6.07) is 3.84. The maximum absolute atomic E-state index is 12.5. The van der Waals surface area contributed by atoms with Crippen molar-refractivity contribution >= 4 is 17.7 Å². The van der Waals surface area contributed by atoms with Crippen LogP contribution in [0, 0.1) is 0 Å². The summed E-state index contributed by atoms with van der Waals surface area (Å²) in [5.74, 6) is 0.691. The monoisotopic (exact) mass is 331 g/mol. The van der Waals surface area contributed by atoms with Gasteiger partial charge in [0.2, 0.25) is 0 Å². The van der Waals surface area contributed by atoms with E-state index < -0.39 is 0 Å². The number of rotatable bonds is 5. The molecule has 0 spiro atoms. The normalized spacial score (nSPS) is 16.4. The average Bonchev–Trinajstić information content (AvgIpc) is 3.25. The Kier molecular flexibility index (Phi) is 4.95. The molecule has 1 fully saturated rings. The number of nitrogens with zero attached hydrogens (tertiary/aromatic N) is 4. The van der Waals surface area contributed by atoms with Crippen molar-refractivity contribution in [3.05, 3.63) is 36.0 Å². The van der Waals surface area contributed by atoms with Crippen molar-refractivity contribution in [2.24, 2.45) is 0 Å². The van der Waals surface area contributed by atoms with Crippen molar-refractivity contribution in [1.82, 2.24) is 25.1 Å². The van der Waals surface area contributed by atoms with E-state index in [0.717, 1.165) is 23.7 Å². The van der Waals surface area contributed by atoms with Gasteiger partial charge in [-0.2, -0.15) is 0 Å². The molecule has 0 aliphatic heterocycles. The number of hydrogen-bond acceptors (Lipinski definition) is 5. The van der Waals surface area contributed by atoms with Gasteiger partial charge in [0.15, 0.2) is 5.82 Å². The summed E-state index contributed by atoms with van der Waals surface area (Å²) in [6.07, 6.45) is 10.2. The summed E-state index contributed by atoms with van der Waals surface area (Å²) < 4.78 is 2.12. The number of hydrogen-bond donors (Lipinski definition) is 1. The Morgan fingerprint density at radius 1 is 1.43 bits per heavy atom. The molecule has 0 radical (unpaired) electrons. The lowest BCUT2D eigenvalue weighted by Gasteiger charge is -2.19. The SMILES string of the molecule is CSc1ncccc1C(=O)NC(C)c1nncn1C1CCCC1. The van der Waals surface area contributed by atoms with Gasteiger partial charge in [0.1, 0.15) is 11.4 Å². The van der Waals surface area contributed by atoms with Crippen LogP contribution < -0.4 is 5.32 Å². The van der Waals surface area contributed by atoms with Crippen LogP contribution in [0.3, 0.4) is 0 Å². The number of carbonyl (C=O) groups excluding carboxylic acids is 1. The fraction of sp³-hybridized carbons (Fsp3) is 0.500. The van der Waals surface area contributed by atoms with Crippen molar-refractivity contribution < 1.29 is 4.79 Å². The molecule has 1 aliphatic carbocycles. The fourth-order valence-corrected chi connectivity index (χ4v) is 3.64. The molecule has 2 heterocycles. The first kappa shape index (κ1) is 16.0.